The minimum absolute atomic E-state index is 0.0736. The number of benzene rings is 1. The van der Waals surface area contributed by atoms with Crippen LogP contribution in [0.25, 0.3) is 11.1 Å². The van der Waals surface area contributed by atoms with Crippen molar-refractivity contribution in [2.45, 2.75) is 32.7 Å². The Labute approximate surface area is 126 Å². The Hall–Kier alpha value is -1.88. The number of hydrogen-bond donors (Lipinski definition) is 1. The topological polar surface area (TPSA) is 54.9 Å². The molecule has 1 unspecified atom stereocenters. The van der Waals surface area contributed by atoms with E-state index in [-0.39, 0.29) is 16.8 Å². The molecule has 1 aromatic carbocycles. The normalized spacial score (nSPS) is 12.4. The number of nitrogens with zero attached hydrogens (tertiary/aromatic N) is 1. The van der Waals surface area contributed by atoms with Crippen LogP contribution >= 0.6 is 11.6 Å². The van der Waals surface area contributed by atoms with Crippen LogP contribution in [-0.2, 0) is 0 Å². The van der Waals surface area contributed by atoms with Crippen LogP contribution in [-0.4, -0.2) is 9.55 Å². The summed E-state index contributed by atoms with van der Waals surface area (Å²) in [6.45, 7) is 3.77. The van der Waals surface area contributed by atoms with Crippen LogP contribution in [0.4, 0.5) is 4.39 Å². The smallest absolute Gasteiger partial charge is 0.297 e. The second-order valence-corrected chi connectivity index (χ2v) is 5.32. The molecule has 1 aromatic heterocycles. The highest BCUT2D eigenvalue weighted by Crippen LogP contribution is 2.23. The van der Waals surface area contributed by atoms with Crippen molar-refractivity contribution >= 4 is 11.6 Å². The zero-order valence-corrected chi connectivity index (χ0v) is 12.6. The minimum Gasteiger partial charge on any atom is -0.297 e. The molecule has 0 aliphatic rings. The third-order valence-corrected chi connectivity index (χ3v) is 3.63. The van der Waals surface area contributed by atoms with Gasteiger partial charge in [0, 0.05) is 6.04 Å². The van der Waals surface area contributed by atoms with E-state index in [9.17, 15) is 14.0 Å². The van der Waals surface area contributed by atoms with Crippen molar-refractivity contribution in [3.63, 3.8) is 0 Å². The Morgan fingerprint density at radius 3 is 2.71 bits per heavy atom. The van der Waals surface area contributed by atoms with E-state index in [2.05, 4.69) is 4.98 Å². The molecule has 2 aromatic rings. The molecule has 1 heterocycles. The molecule has 0 aliphatic heterocycles. The van der Waals surface area contributed by atoms with Gasteiger partial charge in [-0.15, -0.1) is 0 Å². The predicted octanol–water partition coefficient (Wildman–Crippen LogP) is 3.36. The molecule has 112 valence electrons. The van der Waals surface area contributed by atoms with Gasteiger partial charge in [-0.25, -0.2) is 9.18 Å². The van der Waals surface area contributed by atoms with Crippen molar-refractivity contribution in [3.05, 3.63) is 56.1 Å². The van der Waals surface area contributed by atoms with Gasteiger partial charge in [0.2, 0.25) is 0 Å². The number of H-pyrrole nitrogens is 1. The molecule has 1 N–H and O–H groups in total. The summed E-state index contributed by atoms with van der Waals surface area (Å²) in [4.78, 5) is 27.0. The largest absolute Gasteiger partial charge is 0.329 e. The second-order valence-electron chi connectivity index (χ2n) is 4.94. The monoisotopic (exact) mass is 310 g/mol. The van der Waals surface area contributed by atoms with E-state index in [0.717, 1.165) is 11.0 Å². The van der Waals surface area contributed by atoms with Gasteiger partial charge in [-0.1, -0.05) is 37.1 Å². The van der Waals surface area contributed by atoms with Crippen molar-refractivity contribution in [2.75, 3.05) is 0 Å². The van der Waals surface area contributed by atoms with Crippen LogP contribution in [0.15, 0.2) is 33.9 Å². The number of aromatic nitrogens is 2. The quantitative estimate of drug-likeness (QED) is 0.880. The molecule has 0 bridgehead atoms. The highest BCUT2D eigenvalue weighted by Gasteiger charge is 2.18. The van der Waals surface area contributed by atoms with Gasteiger partial charge in [-0.3, -0.25) is 14.3 Å². The molecule has 6 heteroatoms. The molecule has 0 radical (unpaired) electrons. The molecule has 0 fully saturated rings. The fraction of sp³-hybridized carbons (Fsp3) is 0.333. The third-order valence-electron chi connectivity index (χ3n) is 3.35. The maximum Gasteiger partial charge on any atom is 0.329 e. The first-order valence-corrected chi connectivity index (χ1v) is 7.13. The van der Waals surface area contributed by atoms with Gasteiger partial charge in [-0.05, 0) is 31.0 Å². The van der Waals surface area contributed by atoms with Gasteiger partial charge in [-0.2, -0.15) is 0 Å². The van der Waals surface area contributed by atoms with Crippen molar-refractivity contribution in [2.24, 2.45) is 0 Å². The van der Waals surface area contributed by atoms with Gasteiger partial charge in [0.15, 0.2) is 0 Å². The molecule has 2 rings (SSSR count). The summed E-state index contributed by atoms with van der Waals surface area (Å²) in [5.74, 6) is -0.470. The first-order valence-electron chi connectivity index (χ1n) is 6.76. The summed E-state index contributed by atoms with van der Waals surface area (Å²) in [5, 5.41) is -0.0736. The number of hydrogen-bond acceptors (Lipinski definition) is 2. The summed E-state index contributed by atoms with van der Waals surface area (Å²) in [6.07, 6.45) is 1.53. The van der Waals surface area contributed by atoms with Gasteiger partial charge >= 0.3 is 5.69 Å². The second kappa shape index (κ2) is 6.26. The van der Waals surface area contributed by atoms with Crippen molar-refractivity contribution in [1.82, 2.24) is 9.55 Å². The van der Waals surface area contributed by atoms with Crippen LogP contribution in [0, 0.1) is 5.82 Å². The summed E-state index contributed by atoms with van der Waals surface area (Å²) in [6, 6.07) is 5.32. The van der Waals surface area contributed by atoms with E-state index in [1.807, 2.05) is 6.92 Å². The molecule has 0 aliphatic carbocycles. The minimum atomic E-state index is -0.550. The molecule has 0 saturated heterocycles. The van der Waals surface area contributed by atoms with E-state index >= 15 is 0 Å². The predicted molar refractivity (Wildman–Crippen MR) is 81.3 cm³/mol. The highest BCUT2D eigenvalue weighted by molar-refractivity contribution is 6.32. The number of aromatic amines is 1. The maximum atomic E-state index is 13.4. The van der Waals surface area contributed by atoms with Crippen LogP contribution in [0.1, 0.15) is 32.7 Å². The zero-order chi connectivity index (χ0) is 15.6. The average Bonchev–Trinajstić information content (AvgIpc) is 2.38. The lowest BCUT2D eigenvalue weighted by atomic mass is 10.1. The Bertz CT molecular complexity index is 767. The zero-order valence-electron chi connectivity index (χ0n) is 11.8. The third kappa shape index (κ3) is 3.08. The summed E-state index contributed by atoms with van der Waals surface area (Å²) in [5.41, 5.74) is -0.598. The van der Waals surface area contributed by atoms with Crippen LogP contribution < -0.4 is 11.2 Å². The van der Waals surface area contributed by atoms with E-state index in [1.165, 1.54) is 18.2 Å². The number of halogens is 2. The molecule has 0 amide bonds. The Morgan fingerprint density at radius 1 is 1.38 bits per heavy atom. The number of rotatable bonds is 4. The molecule has 21 heavy (non-hydrogen) atoms. The standard InChI is InChI=1S/C15H16ClFN2O2/c1-3-5-9(2)19-14(20)12(13(16)18-15(19)21)10-6-4-7-11(17)8-10/h4,6-9H,3,5H2,1-2H3,(H,18,21). The molecule has 4 nitrogen and oxygen atoms in total. The molecule has 1 atom stereocenters. The Balaban J connectivity index is 2.71. The lowest BCUT2D eigenvalue weighted by Crippen LogP contribution is -2.38. The van der Waals surface area contributed by atoms with E-state index < -0.39 is 17.1 Å². The summed E-state index contributed by atoms with van der Waals surface area (Å²) >= 11 is 5.98. The van der Waals surface area contributed by atoms with E-state index in [1.54, 1.807) is 13.0 Å². The van der Waals surface area contributed by atoms with Crippen LogP contribution in [0.3, 0.4) is 0 Å². The van der Waals surface area contributed by atoms with Gasteiger partial charge < -0.3 is 0 Å². The average molecular weight is 311 g/mol. The first-order chi connectivity index (χ1) is 9.95. The molecule has 0 spiro atoms. The van der Waals surface area contributed by atoms with Crippen molar-refractivity contribution in [3.8, 4) is 11.1 Å². The van der Waals surface area contributed by atoms with Gasteiger partial charge in [0.25, 0.3) is 5.56 Å². The molecular weight excluding hydrogens is 295 g/mol. The summed E-state index contributed by atoms with van der Waals surface area (Å²) in [7, 11) is 0. The highest BCUT2D eigenvalue weighted by atomic mass is 35.5. The summed E-state index contributed by atoms with van der Waals surface area (Å²) < 4.78 is 14.5. The lowest BCUT2D eigenvalue weighted by molar-refractivity contribution is 0.466. The molecule has 0 saturated carbocycles. The fourth-order valence-corrected chi connectivity index (χ4v) is 2.64. The maximum absolute atomic E-state index is 13.4. The van der Waals surface area contributed by atoms with Crippen molar-refractivity contribution in [1.29, 1.82) is 0 Å². The Kier molecular flexibility index (Phi) is 4.63. The lowest BCUT2D eigenvalue weighted by Gasteiger charge is -2.15. The SMILES string of the molecule is CCCC(C)n1c(=O)[nH]c(Cl)c(-c2cccc(F)c2)c1=O. The Morgan fingerprint density at radius 2 is 2.10 bits per heavy atom. The molecular formula is C15H16ClFN2O2. The van der Waals surface area contributed by atoms with Crippen LogP contribution in [0.2, 0.25) is 5.15 Å². The van der Waals surface area contributed by atoms with Crippen molar-refractivity contribution < 1.29 is 4.39 Å². The van der Waals surface area contributed by atoms with E-state index in [0.29, 0.717) is 12.0 Å². The fourth-order valence-electron chi connectivity index (χ4n) is 2.36. The number of nitrogens with one attached hydrogen (secondary N) is 1. The first kappa shape index (κ1) is 15.5. The van der Waals surface area contributed by atoms with Gasteiger partial charge in [0.05, 0.1) is 5.56 Å². The van der Waals surface area contributed by atoms with Crippen LogP contribution in [0.5, 0.6) is 0 Å². The van der Waals surface area contributed by atoms with E-state index in [4.69, 9.17) is 11.6 Å². The van der Waals surface area contributed by atoms with Gasteiger partial charge in [0.1, 0.15) is 11.0 Å².